The highest BCUT2D eigenvalue weighted by atomic mass is 16.1. The number of amides is 1. The third-order valence-corrected chi connectivity index (χ3v) is 4.22. The Morgan fingerprint density at radius 3 is 2.64 bits per heavy atom. The zero-order valence-corrected chi connectivity index (χ0v) is 13.6. The Kier molecular flexibility index (Phi) is 6.15. The summed E-state index contributed by atoms with van der Waals surface area (Å²) in [4.78, 5) is 21.0. The minimum Gasteiger partial charge on any atom is -0.354 e. The van der Waals surface area contributed by atoms with Crippen LogP contribution in [0.4, 0.5) is 5.82 Å². The van der Waals surface area contributed by atoms with Crippen LogP contribution in [0.2, 0.25) is 0 Å². The van der Waals surface area contributed by atoms with Crippen LogP contribution in [0.15, 0.2) is 18.3 Å². The molecule has 1 amide bonds. The Labute approximate surface area is 132 Å². The molecule has 6 nitrogen and oxygen atoms in total. The van der Waals surface area contributed by atoms with Crippen LogP contribution in [0, 0.1) is 5.92 Å². The Balaban J connectivity index is 1.84. The van der Waals surface area contributed by atoms with Gasteiger partial charge in [0.1, 0.15) is 5.82 Å². The van der Waals surface area contributed by atoms with Gasteiger partial charge in [-0.05, 0) is 18.2 Å². The highest BCUT2D eigenvalue weighted by molar-refractivity contribution is 5.78. The topological polar surface area (TPSA) is 74.5 Å². The van der Waals surface area contributed by atoms with Crippen molar-refractivity contribution in [2.45, 2.75) is 20.4 Å². The molecule has 0 spiro atoms. The summed E-state index contributed by atoms with van der Waals surface area (Å²) in [5.41, 5.74) is 6.49. The van der Waals surface area contributed by atoms with Gasteiger partial charge >= 0.3 is 0 Å². The van der Waals surface area contributed by atoms with Gasteiger partial charge in [-0.25, -0.2) is 4.98 Å². The summed E-state index contributed by atoms with van der Waals surface area (Å²) < 4.78 is 0. The molecular formula is C16H27N5O. The molecule has 1 aromatic heterocycles. The quantitative estimate of drug-likeness (QED) is 0.797. The van der Waals surface area contributed by atoms with E-state index in [1.54, 1.807) is 0 Å². The van der Waals surface area contributed by atoms with Crippen LogP contribution in [-0.4, -0.2) is 55.1 Å². The smallest absolute Gasteiger partial charge is 0.224 e. The SMILES string of the molecule is CCN1CCN(c2ccc(CNC(=O)C(C)CN)cn2)CC1. The molecule has 2 heterocycles. The van der Waals surface area contributed by atoms with Crippen molar-refractivity contribution >= 4 is 11.7 Å². The largest absolute Gasteiger partial charge is 0.354 e. The van der Waals surface area contributed by atoms with Crippen molar-refractivity contribution in [2.24, 2.45) is 11.7 Å². The van der Waals surface area contributed by atoms with E-state index in [4.69, 9.17) is 5.73 Å². The van der Waals surface area contributed by atoms with Crippen molar-refractivity contribution in [3.05, 3.63) is 23.9 Å². The van der Waals surface area contributed by atoms with Gasteiger partial charge in [0.25, 0.3) is 0 Å². The van der Waals surface area contributed by atoms with E-state index in [0.717, 1.165) is 44.1 Å². The molecule has 3 N–H and O–H groups in total. The molecule has 22 heavy (non-hydrogen) atoms. The summed E-state index contributed by atoms with van der Waals surface area (Å²) in [5.74, 6) is 0.852. The molecule has 122 valence electrons. The fraction of sp³-hybridized carbons (Fsp3) is 0.625. The van der Waals surface area contributed by atoms with Gasteiger partial charge in [0.15, 0.2) is 0 Å². The maximum atomic E-state index is 11.7. The Morgan fingerprint density at radius 2 is 2.09 bits per heavy atom. The van der Waals surface area contributed by atoms with E-state index in [1.165, 1.54) is 0 Å². The molecule has 1 aromatic rings. The first-order valence-corrected chi connectivity index (χ1v) is 8.04. The minimum atomic E-state index is -0.151. The molecule has 1 aliphatic rings. The van der Waals surface area contributed by atoms with E-state index < -0.39 is 0 Å². The fourth-order valence-electron chi connectivity index (χ4n) is 2.47. The number of anilines is 1. The zero-order chi connectivity index (χ0) is 15.9. The minimum absolute atomic E-state index is 0.0118. The summed E-state index contributed by atoms with van der Waals surface area (Å²) in [5, 5.41) is 2.88. The average molecular weight is 305 g/mol. The van der Waals surface area contributed by atoms with Gasteiger partial charge < -0.3 is 20.9 Å². The van der Waals surface area contributed by atoms with Crippen LogP contribution in [0.3, 0.4) is 0 Å². The van der Waals surface area contributed by atoms with Crippen LogP contribution < -0.4 is 16.0 Å². The van der Waals surface area contributed by atoms with E-state index in [-0.39, 0.29) is 11.8 Å². The monoisotopic (exact) mass is 305 g/mol. The second-order valence-corrected chi connectivity index (χ2v) is 5.80. The van der Waals surface area contributed by atoms with Crippen molar-refractivity contribution in [2.75, 3.05) is 44.2 Å². The summed E-state index contributed by atoms with van der Waals surface area (Å²) in [6.45, 7) is 10.2. The first-order valence-electron chi connectivity index (χ1n) is 8.04. The van der Waals surface area contributed by atoms with Gasteiger partial charge in [0.2, 0.25) is 5.91 Å². The molecule has 0 saturated carbocycles. The summed E-state index contributed by atoms with van der Waals surface area (Å²) in [6.07, 6.45) is 1.84. The number of nitrogens with two attached hydrogens (primary N) is 1. The van der Waals surface area contributed by atoms with Gasteiger partial charge in [0.05, 0.1) is 0 Å². The molecule has 6 heteroatoms. The van der Waals surface area contributed by atoms with E-state index in [2.05, 4.69) is 27.0 Å². The third-order valence-electron chi connectivity index (χ3n) is 4.22. The summed E-state index contributed by atoms with van der Waals surface area (Å²) >= 11 is 0. The van der Waals surface area contributed by atoms with Crippen molar-refractivity contribution in [1.82, 2.24) is 15.2 Å². The van der Waals surface area contributed by atoms with E-state index in [0.29, 0.717) is 13.1 Å². The predicted molar refractivity (Wildman–Crippen MR) is 88.6 cm³/mol. The number of carbonyl (C=O) groups excluding carboxylic acids is 1. The normalized spacial score (nSPS) is 17.3. The van der Waals surface area contributed by atoms with Gasteiger partial charge in [-0.1, -0.05) is 19.9 Å². The highest BCUT2D eigenvalue weighted by Gasteiger charge is 2.16. The number of hydrogen-bond acceptors (Lipinski definition) is 5. The first kappa shape index (κ1) is 16.7. The molecule has 1 aliphatic heterocycles. The fourth-order valence-corrected chi connectivity index (χ4v) is 2.47. The maximum Gasteiger partial charge on any atom is 0.224 e. The molecule has 1 saturated heterocycles. The second-order valence-electron chi connectivity index (χ2n) is 5.80. The number of pyridine rings is 1. The lowest BCUT2D eigenvalue weighted by Crippen LogP contribution is -2.46. The van der Waals surface area contributed by atoms with E-state index >= 15 is 0 Å². The second kappa shape index (κ2) is 8.10. The predicted octanol–water partition coefficient (Wildman–Crippen LogP) is 0.435. The molecule has 0 aromatic carbocycles. The van der Waals surface area contributed by atoms with Gasteiger partial charge in [-0.3, -0.25) is 4.79 Å². The Morgan fingerprint density at radius 1 is 1.36 bits per heavy atom. The molecule has 1 unspecified atom stereocenters. The number of rotatable bonds is 6. The lowest BCUT2D eigenvalue weighted by atomic mass is 10.1. The number of likely N-dealkylation sites (N-methyl/N-ethyl adjacent to an activating group) is 1. The molecule has 0 radical (unpaired) electrons. The van der Waals surface area contributed by atoms with Gasteiger partial charge in [0, 0.05) is 51.4 Å². The number of hydrogen-bond donors (Lipinski definition) is 2. The van der Waals surface area contributed by atoms with Crippen LogP contribution >= 0.6 is 0 Å². The summed E-state index contributed by atoms with van der Waals surface area (Å²) in [6, 6.07) is 4.07. The lowest BCUT2D eigenvalue weighted by molar-refractivity contribution is -0.124. The van der Waals surface area contributed by atoms with Crippen LogP contribution in [0.1, 0.15) is 19.4 Å². The first-order chi connectivity index (χ1) is 10.6. The number of nitrogens with one attached hydrogen (secondary N) is 1. The Hall–Kier alpha value is -1.66. The van der Waals surface area contributed by atoms with Crippen molar-refractivity contribution in [3.8, 4) is 0 Å². The third kappa shape index (κ3) is 4.42. The maximum absolute atomic E-state index is 11.7. The molecule has 1 fully saturated rings. The number of piperazine rings is 1. The van der Waals surface area contributed by atoms with Crippen LogP contribution in [0.5, 0.6) is 0 Å². The van der Waals surface area contributed by atoms with E-state index in [1.807, 2.05) is 25.3 Å². The zero-order valence-electron chi connectivity index (χ0n) is 13.6. The van der Waals surface area contributed by atoms with Crippen molar-refractivity contribution < 1.29 is 4.79 Å². The molecule has 0 aliphatic carbocycles. The van der Waals surface area contributed by atoms with Crippen LogP contribution in [-0.2, 0) is 11.3 Å². The average Bonchev–Trinajstić information content (AvgIpc) is 2.59. The molecule has 2 rings (SSSR count). The highest BCUT2D eigenvalue weighted by Crippen LogP contribution is 2.14. The molecule has 0 bridgehead atoms. The van der Waals surface area contributed by atoms with Gasteiger partial charge in [-0.2, -0.15) is 0 Å². The van der Waals surface area contributed by atoms with Crippen molar-refractivity contribution in [3.63, 3.8) is 0 Å². The summed E-state index contributed by atoms with van der Waals surface area (Å²) in [7, 11) is 0. The van der Waals surface area contributed by atoms with Gasteiger partial charge in [-0.15, -0.1) is 0 Å². The Bertz CT molecular complexity index is 468. The van der Waals surface area contributed by atoms with E-state index in [9.17, 15) is 4.79 Å². The van der Waals surface area contributed by atoms with Crippen molar-refractivity contribution in [1.29, 1.82) is 0 Å². The standard InChI is InChI=1S/C16H27N5O/c1-3-20-6-8-21(9-7-20)15-5-4-14(11-18-15)12-19-16(22)13(2)10-17/h4-5,11,13H,3,6-10,12,17H2,1-2H3,(H,19,22). The molecule has 1 atom stereocenters. The number of nitrogens with zero attached hydrogens (tertiary/aromatic N) is 3. The van der Waals surface area contributed by atoms with Crippen LogP contribution in [0.25, 0.3) is 0 Å². The number of aromatic nitrogens is 1. The molecular weight excluding hydrogens is 278 g/mol. The number of carbonyl (C=O) groups is 1. The lowest BCUT2D eigenvalue weighted by Gasteiger charge is -2.34.